The van der Waals surface area contributed by atoms with Crippen LogP contribution in [0.4, 0.5) is 0 Å². The summed E-state index contributed by atoms with van der Waals surface area (Å²) in [5.74, 6) is 1.52. The zero-order valence-corrected chi connectivity index (χ0v) is 9.40. The van der Waals surface area contributed by atoms with Gasteiger partial charge in [0, 0.05) is 12.1 Å². The summed E-state index contributed by atoms with van der Waals surface area (Å²) < 4.78 is 5.68. The molecular formula is C13H15NO2. The summed E-state index contributed by atoms with van der Waals surface area (Å²) in [6.07, 6.45) is 3.37. The van der Waals surface area contributed by atoms with Crippen LogP contribution in [-0.4, -0.2) is 11.1 Å². The highest BCUT2D eigenvalue weighted by Crippen LogP contribution is 2.27. The van der Waals surface area contributed by atoms with Gasteiger partial charge in [-0.3, -0.25) is 0 Å². The number of ether oxygens (including phenoxy) is 1. The Morgan fingerprint density at radius 1 is 1.19 bits per heavy atom. The molecule has 2 rings (SSSR count). The summed E-state index contributed by atoms with van der Waals surface area (Å²) in [7, 11) is 0. The van der Waals surface area contributed by atoms with E-state index in [1.54, 1.807) is 12.2 Å². The number of aliphatic hydroxyl groups is 1. The number of nitrogens with one attached hydrogen (secondary N) is 1. The molecule has 0 fully saturated rings. The Bertz CT molecular complexity index is 447. The molecule has 0 unspecified atom stereocenters. The smallest absolute Gasteiger partial charge is 0.193 e. The molecule has 84 valence electrons. The van der Waals surface area contributed by atoms with Crippen LogP contribution in [0.25, 0.3) is 5.76 Å². The van der Waals surface area contributed by atoms with Crippen molar-refractivity contribution in [1.29, 1.82) is 0 Å². The molecular weight excluding hydrogens is 202 g/mol. The van der Waals surface area contributed by atoms with E-state index < -0.39 is 0 Å². The number of para-hydroxylation sites is 1. The minimum Gasteiger partial charge on any atom is -0.507 e. The first kappa shape index (κ1) is 10.6. The number of aliphatic hydroxyl groups excluding tert-OH is 1. The summed E-state index contributed by atoms with van der Waals surface area (Å²) in [5, 5.41) is 13.0. The normalized spacial score (nSPS) is 14.4. The van der Waals surface area contributed by atoms with Crippen LogP contribution in [0.3, 0.4) is 0 Å². The van der Waals surface area contributed by atoms with Gasteiger partial charge in [0.25, 0.3) is 0 Å². The highest BCUT2D eigenvalue weighted by Gasteiger charge is 2.12. The fourth-order valence-corrected chi connectivity index (χ4v) is 1.53. The van der Waals surface area contributed by atoms with Gasteiger partial charge < -0.3 is 15.2 Å². The Balaban J connectivity index is 2.33. The molecule has 1 aliphatic rings. The number of fused-ring (bicyclic) bond motifs is 1. The van der Waals surface area contributed by atoms with E-state index in [2.05, 4.69) is 5.32 Å². The maximum atomic E-state index is 9.80. The van der Waals surface area contributed by atoms with Crippen molar-refractivity contribution in [2.75, 3.05) is 0 Å². The molecule has 16 heavy (non-hydrogen) atoms. The van der Waals surface area contributed by atoms with Crippen molar-refractivity contribution in [3.05, 3.63) is 47.9 Å². The van der Waals surface area contributed by atoms with Crippen LogP contribution < -0.4 is 10.1 Å². The second kappa shape index (κ2) is 4.31. The largest absolute Gasteiger partial charge is 0.507 e. The Hall–Kier alpha value is -1.90. The average molecular weight is 217 g/mol. The third-order valence-corrected chi connectivity index (χ3v) is 2.21. The van der Waals surface area contributed by atoms with Crippen LogP contribution in [-0.2, 0) is 0 Å². The Labute approximate surface area is 95.1 Å². The van der Waals surface area contributed by atoms with Crippen LogP contribution in [0, 0.1) is 0 Å². The van der Waals surface area contributed by atoms with E-state index in [1.165, 1.54) is 0 Å². The molecule has 0 saturated heterocycles. The third kappa shape index (κ3) is 2.19. The predicted octanol–water partition coefficient (Wildman–Crippen LogP) is 2.82. The number of benzene rings is 1. The lowest BCUT2D eigenvalue weighted by Gasteiger charge is -2.14. The van der Waals surface area contributed by atoms with Crippen molar-refractivity contribution in [1.82, 2.24) is 5.32 Å². The molecule has 0 aliphatic carbocycles. The zero-order chi connectivity index (χ0) is 11.5. The second-order valence-electron chi connectivity index (χ2n) is 3.98. The average Bonchev–Trinajstić information content (AvgIpc) is 2.39. The van der Waals surface area contributed by atoms with Crippen molar-refractivity contribution >= 4 is 5.76 Å². The van der Waals surface area contributed by atoms with Gasteiger partial charge in [0.2, 0.25) is 0 Å². The van der Waals surface area contributed by atoms with Gasteiger partial charge in [0.1, 0.15) is 11.5 Å². The van der Waals surface area contributed by atoms with E-state index >= 15 is 0 Å². The number of hydrogen-bond acceptors (Lipinski definition) is 3. The van der Waals surface area contributed by atoms with Crippen molar-refractivity contribution in [2.24, 2.45) is 0 Å². The molecule has 1 heterocycles. The second-order valence-corrected chi connectivity index (χ2v) is 3.98. The number of allylic oxidation sites excluding steroid dienone is 2. The first-order valence-electron chi connectivity index (χ1n) is 5.31. The van der Waals surface area contributed by atoms with Crippen molar-refractivity contribution < 1.29 is 9.84 Å². The Morgan fingerprint density at radius 2 is 1.94 bits per heavy atom. The zero-order valence-electron chi connectivity index (χ0n) is 9.40. The molecule has 0 amide bonds. The van der Waals surface area contributed by atoms with Crippen molar-refractivity contribution in [3.8, 4) is 5.75 Å². The quantitative estimate of drug-likeness (QED) is 0.800. The minimum atomic E-state index is 0.219. The van der Waals surface area contributed by atoms with E-state index in [0.717, 1.165) is 0 Å². The molecule has 3 heteroatoms. The number of rotatable bonds is 2. The van der Waals surface area contributed by atoms with E-state index in [0.29, 0.717) is 17.2 Å². The van der Waals surface area contributed by atoms with Crippen LogP contribution in [0.2, 0.25) is 0 Å². The van der Waals surface area contributed by atoms with Crippen LogP contribution in [0.1, 0.15) is 19.4 Å². The van der Waals surface area contributed by atoms with E-state index in [9.17, 15) is 5.11 Å². The maximum Gasteiger partial charge on any atom is 0.193 e. The summed E-state index contributed by atoms with van der Waals surface area (Å²) in [6, 6.07) is 7.69. The van der Waals surface area contributed by atoms with Gasteiger partial charge in [0.05, 0.1) is 5.56 Å². The lowest BCUT2D eigenvalue weighted by atomic mass is 10.1. The van der Waals surface area contributed by atoms with Gasteiger partial charge in [-0.2, -0.15) is 0 Å². The van der Waals surface area contributed by atoms with Gasteiger partial charge in [-0.1, -0.05) is 12.1 Å². The molecule has 0 atom stereocenters. The lowest BCUT2D eigenvalue weighted by molar-refractivity contribution is 0.365. The van der Waals surface area contributed by atoms with Crippen LogP contribution in [0.5, 0.6) is 5.75 Å². The molecule has 0 saturated carbocycles. The van der Waals surface area contributed by atoms with Gasteiger partial charge in [-0.05, 0) is 32.1 Å². The van der Waals surface area contributed by atoms with Crippen LogP contribution >= 0.6 is 0 Å². The fourth-order valence-electron chi connectivity index (χ4n) is 1.53. The van der Waals surface area contributed by atoms with E-state index in [1.807, 2.05) is 38.1 Å². The fraction of sp³-hybridized carbons (Fsp3) is 0.231. The van der Waals surface area contributed by atoms with Crippen LogP contribution in [0.15, 0.2) is 42.3 Å². The topological polar surface area (TPSA) is 41.5 Å². The molecule has 0 radical (unpaired) electrons. The highest BCUT2D eigenvalue weighted by molar-refractivity contribution is 5.67. The van der Waals surface area contributed by atoms with E-state index in [-0.39, 0.29) is 11.8 Å². The first-order chi connectivity index (χ1) is 7.66. The summed E-state index contributed by atoms with van der Waals surface area (Å²) >= 11 is 0. The molecule has 0 aromatic heterocycles. The lowest BCUT2D eigenvalue weighted by Crippen LogP contribution is -2.25. The summed E-state index contributed by atoms with van der Waals surface area (Å²) in [4.78, 5) is 0. The highest BCUT2D eigenvalue weighted by atomic mass is 16.5. The Kier molecular flexibility index (Phi) is 2.86. The minimum absolute atomic E-state index is 0.219. The van der Waals surface area contributed by atoms with E-state index in [4.69, 9.17) is 4.74 Å². The predicted molar refractivity (Wildman–Crippen MR) is 64.0 cm³/mol. The molecule has 1 aromatic rings. The van der Waals surface area contributed by atoms with Gasteiger partial charge >= 0.3 is 0 Å². The van der Waals surface area contributed by atoms with Gasteiger partial charge in [-0.15, -0.1) is 0 Å². The number of hydrogen-bond donors (Lipinski definition) is 2. The molecule has 2 N–H and O–H groups in total. The monoisotopic (exact) mass is 217 g/mol. The van der Waals surface area contributed by atoms with Crippen molar-refractivity contribution in [3.63, 3.8) is 0 Å². The first-order valence-corrected chi connectivity index (χ1v) is 5.31. The molecule has 1 aliphatic heterocycles. The van der Waals surface area contributed by atoms with Gasteiger partial charge in [-0.25, -0.2) is 0 Å². The SMILES string of the molecule is CC(C)NC1=CC=C(O)c2ccccc2O1. The maximum absolute atomic E-state index is 9.80. The van der Waals surface area contributed by atoms with Gasteiger partial charge in [0.15, 0.2) is 5.88 Å². The molecule has 0 spiro atoms. The molecule has 3 nitrogen and oxygen atoms in total. The van der Waals surface area contributed by atoms with Crippen molar-refractivity contribution in [2.45, 2.75) is 19.9 Å². The molecule has 1 aromatic carbocycles. The molecule has 0 bridgehead atoms. The third-order valence-electron chi connectivity index (χ3n) is 2.21. The summed E-state index contributed by atoms with van der Waals surface area (Å²) in [5.41, 5.74) is 0.708. The standard InChI is InChI=1S/C13H15NO2/c1-9(2)14-13-8-7-11(15)10-5-3-4-6-12(10)16-13/h3-9,14-15H,1-2H3. The Morgan fingerprint density at radius 3 is 2.69 bits per heavy atom. The summed E-state index contributed by atoms with van der Waals surface area (Å²) in [6.45, 7) is 4.06.